The summed E-state index contributed by atoms with van der Waals surface area (Å²) in [6.07, 6.45) is 3.11. The van der Waals surface area contributed by atoms with Gasteiger partial charge in [-0.2, -0.15) is 0 Å². The second-order valence-corrected chi connectivity index (χ2v) is 4.48. The normalized spacial score (nSPS) is 9.50. The van der Waals surface area contributed by atoms with E-state index in [0.29, 0.717) is 11.1 Å². The summed E-state index contributed by atoms with van der Waals surface area (Å²) in [7, 11) is 0. The van der Waals surface area contributed by atoms with E-state index >= 15 is 0 Å². The zero-order chi connectivity index (χ0) is 17.4. The second kappa shape index (κ2) is 7.92. The van der Waals surface area contributed by atoms with Crippen molar-refractivity contribution in [2.75, 3.05) is 0 Å². The van der Waals surface area contributed by atoms with Gasteiger partial charge < -0.3 is 0 Å². The van der Waals surface area contributed by atoms with Gasteiger partial charge in [-0.25, -0.2) is 0 Å². The van der Waals surface area contributed by atoms with E-state index in [2.05, 4.69) is 23.7 Å². The molecule has 0 aliphatic carbocycles. The Bertz CT molecular complexity index is 828. The summed E-state index contributed by atoms with van der Waals surface area (Å²) in [5.74, 6) is 11.2. The molecule has 0 aliphatic heterocycles. The fraction of sp³-hybridized carbons (Fsp3) is 0. The number of benzene rings is 2. The highest BCUT2D eigenvalue weighted by atomic mass is 16.6. The molecule has 0 saturated carbocycles. The molecule has 2 aromatic carbocycles. The maximum absolute atomic E-state index is 10.5. The Kier molecular flexibility index (Phi) is 5.44. The molecular formula is C18H10N2O4. The third-order valence-electron chi connectivity index (χ3n) is 2.84. The average molecular weight is 318 g/mol. The molecule has 0 aliphatic rings. The Labute approximate surface area is 137 Å². The van der Waals surface area contributed by atoms with Crippen molar-refractivity contribution in [3.63, 3.8) is 0 Å². The summed E-state index contributed by atoms with van der Waals surface area (Å²) in [4.78, 5) is 20.1. The summed E-state index contributed by atoms with van der Waals surface area (Å²) in [5, 5.41) is 21.0. The fourth-order valence-corrected chi connectivity index (χ4v) is 1.67. The summed E-state index contributed by atoms with van der Waals surface area (Å²) < 4.78 is 0. The lowest BCUT2D eigenvalue weighted by Gasteiger charge is -1.90. The molecule has 0 saturated heterocycles. The van der Waals surface area contributed by atoms with Crippen LogP contribution in [-0.4, -0.2) is 9.85 Å². The number of allylic oxidation sites excluding steroid dienone is 2. The van der Waals surface area contributed by atoms with Crippen LogP contribution in [0.2, 0.25) is 0 Å². The number of rotatable bonds is 2. The van der Waals surface area contributed by atoms with Crippen molar-refractivity contribution in [2.24, 2.45) is 0 Å². The predicted octanol–water partition coefficient (Wildman–Crippen LogP) is 3.46. The zero-order valence-electron chi connectivity index (χ0n) is 12.3. The largest absolute Gasteiger partial charge is 0.269 e. The van der Waals surface area contributed by atoms with Gasteiger partial charge in [0.25, 0.3) is 11.4 Å². The smallest absolute Gasteiger partial charge is 0.258 e. The monoisotopic (exact) mass is 318 g/mol. The van der Waals surface area contributed by atoms with Crippen LogP contribution in [0.4, 0.5) is 11.4 Å². The number of hydrogen-bond donors (Lipinski definition) is 0. The highest BCUT2D eigenvalue weighted by Gasteiger charge is 2.02. The van der Waals surface area contributed by atoms with E-state index in [-0.39, 0.29) is 11.4 Å². The van der Waals surface area contributed by atoms with E-state index in [4.69, 9.17) is 0 Å². The van der Waals surface area contributed by atoms with Crippen molar-refractivity contribution in [1.82, 2.24) is 0 Å². The quantitative estimate of drug-likeness (QED) is 0.482. The summed E-state index contributed by atoms with van der Waals surface area (Å²) in [6.45, 7) is 0. The van der Waals surface area contributed by atoms with E-state index < -0.39 is 9.85 Å². The first kappa shape index (κ1) is 16.5. The molecular weight excluding hydrogens is 308 g/mol. The highest BCUT2D eigenvalue weighted by molar-refractivity contribution is 5.45. The van der Waals surface area contributed by atoms with Crippen LogP contribution in [-0.2, 0) is 0 Å². The van der Waals surface area contributed by atoms with Gasteiger partial charge in [0.05, 0.1) is 9.85 Å². The predicted molar refractivity (Wildman–Crippen MR) is 89.1 cm³/mol. The average Bonchev–Trinajstić information content (AvgIpc) is 2.58. The van der Waals surface area contributed by atoms with E-state index in [1.54, 1.807) is 36.4 Å². The van der Waals surface area contributed by atoms with E-state index in [1.165, 1.54) is 24.3 Å². The highest BCUT2D eigenvalue weighted by Crippen LogP contribution is 2.11. The molecule has 0 atom stereocenters. The lowest BCUT2D eigenvalue weighted by molar-refractivity contribution is -0.385. The maximum Gasteiger partial charge on any atom is 0.269 e. The lowest BCUT2D eigenvalue weighted by atomic mass is 10.2. The molecule has 116 valence electrons. The molecule has 0 amide bonds. The Hall–Kier alpha value is -3.90. The summed E-state index contributed by atoms with van der Waals surface area (Å²) in [6, 6.07) is 11.8. The van der Waals surface area contributed by atoms with Crippen LogP contribution in [0.3, 0.4) is 0 Å². The molecule has 24 heavy (non-hydrogen) atoms. The topological polar surface area (TPSA) is 86.3 Å². The van der Waals surface area contributed by atoms with Crippen LogP contribution >= 0.6 is 0 Å². The van der Waals surface area contributed by atoms with Crippen LogP contribution in [0.15, 0.2) is 60.7 Å². The van der Waals surface area contributed by atoms with Crippen molar-refractivity contribution in [1.29, 1.82) is 0 Å². The zero-order valence-corrected chi connectivity index (χ0v) is 12.3. The summed E-state index contributed by atoms with van der Waals surface area (Å²) in [5.41, 5.74) is 1.36. The molecule has 0 heterocycles. The van der Waals surface area contributed by atoms with Gasteiger partial charge in [0.1, 0.15) is 0 Å². The Morgan fingerprint density at radius 3 is 1.29 bits per heavy atom. The van der Waals surface area contributed by atoms with E-state index in [9.17, 15) is 20.2 Å². The minimum atomic E-state index is -0.467. The minimum Gasteiger partial charge on any atom is -0.258 e. The SMILES string of the molecule is O=[N+]([O-])c1ccc(C#C/C=C\C#Cc2ccc([N+](=O)[O-])cc2)cc1. The van der Waals surface area contributed by atoms with Crippen molar-refractivity contribution in [3.05, 3.63) is 92.0 Å². The van der Waals surface area contributed by atoms with Gasteiger partial charge in [-0.15, -0.1) is 0 Å². The molecule has 6 nitrogen and oxygen atoms in total. The van der Waals surface area contributed by atoms with Gasteiger partial charge in [-0.05, 0) is 36.4 Å². The third-order valence-corrected chi connectivity index (χ3v) is 2.84. The first-order valence-corrected chi connectivity index (χ1v) is 6.73. The van der Waals surface area contributed by atoms with Gasteiger partial charge in [-0.1, -0.05) is 23.7 Å². The first-order chi connectivity index (χ1) is 11.6. The molecule has 0 N–H and O–H groups in total. The Morgan fingerprint density at radius 1 is 0.667 bits per heavy atom. The standard InChI is InChI=1S/C18H10N2O4/c21-19(22)17-11-7-15(8-12-17)5-3-1-2-4-6-16-9-13-18(14-10-16)20(23)24/h1-2,7-14H/b2-1-. The summed E-state index contributed by atoms with van der Waals surface area (Å²) >= 11 is 0. The first-order valence-electron chi connectivity index (χ1n) is 6.73. The van der Waals surface area contributed by atoms with Gasteiger partial charge >= 0.3 is 0 Å². The van der Waals surface area contributed by atoms with Crippen molar-refractivity contribution >= 4 is 11.4 Å². The third kappa shape index (κ3) is 4.83. The molecule has 0 bridgehead atoms. The Morgan fingerprint density at radius 2 is 1.00 bits per heavy atom. The molecule has 6 heteroatoms. The molecule has 0 spiro atoms. The van der Waals surface area contributed by atoms with Gasteiger partial charge in [0, 0.05) is 35.4 Å². The van der Waals surface area contributed by atoms with E-state index in [1.807, 2.05) is 0 Å². The maximum atomic E-state index is 10.5. The second-order valence-electron chi connectivity index (χ2n) is 4.48. The van der Waals surface area contributed by atoms with Gasteiger partial charge in [0.15, 0.2) is 0 Å². The molecule has 0 fully saturated rings. The number of nitrogens with zero attached hydrogens (tertiary/aromatic N) is 2. The number of non-ortho nitro benzene ring substituents is 2. The molecule has 0 unspecified atom stereocenters. The molecule has 0 aromatic heterocycles. The van der Waals surface area contributed by atoms with E-state index in [0.717, 1.165) is 0 Å². The lowest BCUT2D eigenvalue weighted by Crippen LogP contribution is -1.86. The fourth-order valence-electron chi connectivity index (χ4n) is 1.67. The van der Waals surface area contributed by atoms with Gasteiger partial charge in [-0.3, -0.25) is 20.2 Å². The van der Waals surface area contributed by atoms with Crippen molar-refractivity contribution in [2.45, 2.75) is 0 Å². The Balaban J connectivity index is 1.96. The molecule has 2 aromatic rings. The van der Waals surface area contributed by atoms with Crippen LogP contribution in [0.5, 0.6) is 0 Å². The number of nitro benzene ring substituents is 2. The van der Waals surface area contributed by atoms with Crippen molar-refractivity contribution in [3.8, 4) is 23.7 Å². The van der Waals surface area contributed by atoms with Crippen LogP contribution in [0, 0.1) is 43.9 Å². The van der Waals surface area contributed by atoms with Gasteiger partial charge in [0.2, 0.25) is 0 Å². The number of hydrogen-bond acceptors (Lipinski definition) is 4. The minimum absolute atomic E-state index is 0.0186. The van der Waals surface area contributed by atoms with Crippen LogP contribution in [0.25, 0.3) is 0 Å². The molecule has 2 rings (SSSR count). The van der Waals surface area contributed by atoms with Crippen LogP contribution < -0.4 is 0 Å². The van der Waals surface area contributed by atoms with Crippen molar-refractivity contribution < 1.29 is 9.85 Å². The van der Waals surface area contributed by atoms with Crippen LogP contribution in [0.1, 0.15) is 11.1 Å². The molecule has 0 radical (unpaired) electrons. The number of nitro groups is 2.